The van der Waals surface area contributed by atoms with Gasteiger partial charge in [-0.2, -0.15) is 0 Å². The summed E-state index contributed by atoms with van der Waals surface area (Å²) in [7, 11) is 0. The van der Waals surface area contributed by atoms with Gasteiger partial charge in [-0.05, 0) is 31.0 Å². The molecule has 7 heteroatoms. The number of hydrogen-bond acceptors (Lipinski definition) is 6. The van der Waals surface area contributed by atoms with Crippen LogP contribution in [0.5, 0.6) is 0 Å². The molecule has 0 spiro atoms. The van der Waals surface area contributed by atoms with Gasteiger partial charge in [-0.3, -0.25) is 14.9 Å². The number of nitrogens with zero attached hydrogens (tertiary/aromatic N) is 2. The molecule has 116 valence electrons. The number of carbonyl (C=O) groups excluding carboxylic acids is 1. The normalized spacial score (nSPS) is 10.5. The minimum absolute atomic E-state index is 0.135. The quantitative estimate of drug-likeness (QED) is 0.479. The Morgan fingerprint density at radius 1 is 1.36 bits per heavy atom. The number of ether oxygens (including phenoxy) is 1. The zero-order valence-corrected chi connectivity index (χ0v) is 13.4. The molecular weight excluding hydrogens is 304 g/mol. The first-order valence-corrected chi connectivity index (χ1v) is 7.56. The number of nitro benzene ring substituents is 1. The molecule has 0 radical (unpaired) electrons. The van der Waals surface area contributed by atoms with Crippen molar-refractivity contribution < 1.29 is 14.5 Å². The van der Waals surface area contributed by atoms with Crippen LogP contribution in [0, 0.1) is 24.0 Å². The molecule has 0 bridgehead atoms. The van der Waals surface area contributed by atoms with Gasteiger partial charge in [0, 0.05) is 30.4 Å². The minimum atomic E-state index is -0.368. The maximum Gasteiger partial charge on any atom is 0.303 e. The van der Waals surface area contributed by atoms with E-state index in [4.69, 9.17) is 4.74 Å². The van der Waals surface area contributed by atoms with Crippen LogP contribution in [0.25, 0.3) is 0 Å². The van der Waals surface area contributed by atoms with Gasteiger partial charge in [0.15, 0.2) is 0 Å². The van der Waals surface area contributed by atoms with Gasteiger partial charge in [0.2, 0.25) is 0 Å². The topological polar surface area (TPSA) is 82.3 Å². The van der Waals surface area contributed by atoms with E-state index in [-0.39, 0.29) is 23.2 Å². The van der Waals surface area contributed by atoms with E-state index >= 15 is 0 Å². The van der Waals surface area contributed by atoms with Crippen molar-refractivity contribution in [2.24, 2.45) is 0 Å². The first-order chi connectivity index (χ1) is 10.4. The van der Waals surface area contributed by atoms with E-state index in [0.717, 1.165) is 16.1 Å². The Hall–Kier alpha value is -2.28. The number of carbonyl (C=O) groups is 1. The predicted octanol–water partition coefficient (Wildman–Crippen LogP) is 3.32. The summed E-state index contributed by atoms with van der Waals surface area (Å²) in [6.07, 6.45) is 0.607. The molecule has 0 aliphatic heterocycles. The van der Waals surface area contributed by atoms with Crippen molar-refractivity contribution in [2.45, 2.75) is 33.8 Å². The van der Waals surface area contributed by atoms with Gasteiger partial charge in [-0.25, -0.2) is 4.98 Å². The predicted molar refractivity (Wildman–Crippen MR) is 83.0 cm³/mol. The Bertz CT molecular complexity index is 724. The molecule has 1 heterocycles. The van der Waals surface area contributed by atoms with Gasteiger partial charge in [0.05, 0.1) is 15.6 Å². The van der Waals surface area contributed by atoms with Crippen molar-refractivity contribution in [2.75, 3.05) is 0 Å². The summed E-state index contributed by atoms with van der Waals surface area (Å²) >= 11 is 1.48. The van der Waals surface area contributed by atoms with Crippen LogP contribution in [0.15, 0.2) is 17.5 Å². The lowest BCUT2D eigenvalue weighted by atomic mass is 10.0. The molecule has 0 fully saturated rings. The smallest absolute Gasteiger partial charge is 0.303 e. The number of thiazole rings is 1. The van der Waals surface area contributed by atoms with Crippen LogP contribution in [0.2, 0.25) is 0 Å². The summed E-state index contributed by atoms with van der Waals surface area (Å²) in [5.74, 6) is -0.337. The third-order valence-corrected chi connectivity index (χ3v) is 4.11. The average molecular weight is 320 g/mol. The van der Waals surface area contributed by atoms with Gasteiger partial charge < -0.3 is 4.74 Å². The number of hydrogen-bond donors (Lipinski definition) is 0. The lowest BCUT2D eigenvalue weighted by Crippen LogP contribution is -2.00. The zero-order chi connectivity index (χ0) is 16.3. The molecule has 0 N–H and O–H groups in total. The van der Waals surface area contributed by atoms with Crippen molar-refractivity contribution in [1.82, 2.24) is 4.98 Å². The molecule has 0 aliphatic carbocycles. The molecule has 1 aromatic carbocycles. The average Bonchev–Trinajstić information content (AvgIpc) is 2.87. The number of aromatic nitrogens is 1. The van der Waals surface area contributed by atoms with Gasteiger partial charge >= 0.3 is 5.97 Å². The molecule has 0 atom stereocenters. The highest BCUT2D eigenvalue weighted by molar-refractivity contribution is 7.09. The summed E-state index contributed by atoms with van der Waals surface area (Å²) in [4.78, 5) is 25.8. The Balaban J connectivity index is 2.15. The molecule has 0 saturated carbocycles. The van der Waals surface area contributed by atoms with Crippen LogP contribution < -0.4 is 0 Å². The van der Waals surface area contributed by atoms with E-state index in [0.29, 0.717) is 17.7 Å². The van der Waals surface area contributed by atoms with Crippen LogP contribution in [0.4, 0.5) is 5.69 Å². The van der Waals surface area contributed by atoms with Gasteiger partial charge in [0.1, 0.15) is 6.61 Å². The van der Waals surface area contributed by atoms with Gasteiger partial charge in [-0.15, -0.1) is 11.3 Å². The minimum Gasteiger partial charge on any atom is -0.459 e. The van der Waals surface area contributed by atoms with E-state index in [1.54, 1.807) is 13.0 Å². The van der Waals surface area contributed by atoms with E-state index < -0.39 is 0 Å². The van der Waals surface area contributed by atoms with Crippen molar-refractivity contribution in [3.8, 4) is 0 Å². The fraction of sp³-hybridized carbons (Fsp3) is 0.333. The second-order valence-electron chi connectivity index (χ2n) is 5.01. The SMILES string of the molecule is CC(=O)OCc1csc(Cc2cc(C)c([N+](=O)[O-])cc2C)n1. The summed E-state index contributed by atoms with van der Waals surface area (Å²) in [5.41, 5.74) is 3.37. The largest absolute Gasteiger partial charge is 0.459 e. The number of benzene rings is 1. The second kappa shape index (κ2) is 6.65. The molecule has 1 aromatic heterocycles. The first-order valence-electron chi connectivity index (χ1n) is 6.68. The molecule has 22 heavy (non-hydrogen) atoms. The molecule has 2 rings (SSSR count). The molecule has 6 nitrogen and oxygen atoms in total. The van der Waals surface area contributed by atoms with E-state index in [1.807, 2.05) is 18.4 Å². The molecule has 0 unspecified atom stereocenters. The first kappa shape index (κ1) is 16.1. The monoisotopic (exact) mass is 320 g/mol. The standard InChI is InChI=1S/C15H16N2O4S/c1-9-5-14(17(19)20)10(2)4-12(9)6-15-16-13(8-22-15)7-21-11(3)18/h4-5,8H,6-7H2,1-3H3. The number of rotatable bonds is 5. The van der Waals surface area contributed by atoms with E-state index in [2.05, 4.69) is 4.98 Å². The summed E-state index contributed by atoms with van der Waals surface area (Å²) in [5, 5.41) is 13.7. The fourth-order valence-electron chi connectivity index (χ4n) is 2.08. The third-order valence-electron chi connectivity index (χ3n) is 3.22. The zero-order valence-electron chi connectivity index (χ0n) is 12.6. The van der Waals surface area contributed by atoms with Crippen LogP contribution >= 0.6 is 11.3 Å². The summed E-state index contributed by atoms with van der Waals surface area (Å²) < 4.78 is 4.91. The van der Waals surface area contributed by atoms with Crippen molar-refractivity contribution >= 4 is 23.0 Å². The molecular formula is C15H16N2O4S. The van der Waals surface area contributed by atoms with Crippen molar-refractivity contribution in [1.29, 1.82) is 0 Å². The van der Waals surface area contributed by atoms with Gasteiger partial charge in [0.25, 0.3) is 5.69 Å². The van der Waals surface area contributed by atoms with E-state index in [9.17, 15) is 14.9 Å². The van der Waals surface area contributed by atoms with E-state index in [1.165, 1.54) is 18.3 Å². The maximum absolute atomic E-state index is 10.9. The molecule has 0 aliphatic rings. The number of esters is 1. The highest BCUT2D eigenvalue weighted by atomic mass is 32.1. The van der Waals surface area contributed by atoms with Crippen molar-refractivity contribution in [3.05, 3.63) is 55.0 Å². The highest BCUT2D eigenvalue weighted by Gasteiger charge is 2.14. The molecule has 2 aromatic rings. The molecule has 0 amide bonds. The summed E-state index contributed by atoms with van der Waals surface area (Å²) in [6.45, 7) is 5.12. The van der Waals surface area contributed by atoms with Crippen molar-refractivity contribution in [3.63, 3.8) is 0 Å². The Labute approximate surface area is 131 Å². The Morgan fingerprint density at radius 3 is 2.73 bits per heavy atom. The highest BCUT2D eigenvalue weighted by Crippen LogP contribution is 2.25. The Morgan fingerprint density at radius 2 is 2.09 bits per heavy atom. The molecule has 0 saturated heterocycles. The Kier molecular flexibility index (Phi) is 4.87. The van der Waals surface area contributed by atoms with Crippen LogP contribution in [0.1, 0.15) is 34.3 Å². The summed E-state index contributed by atoms with van der Waals surface area (Å²) in [6, 6.07) is 3.43. The lowest BCUT2D eigenvalue weighted by Gasteiger charge is -2.06. The van der Waals surface area contributed by atoms with Crippen LogP contribution in [0.3, 0.4) is 0 Å². The fourth-order valence-corrected chi connectivity index (χ4v) is 2.88. The lowest BCUT2D eigenvalue weighted by molar-refractivity contribution is -0.385. The number of nitro groups is 1. The van der Waals surface area contributed by atoms with Crippen LogP contribution in [-0.2, 0) is 22.6 Å². The third kappa shape index (κ3) is 3.88. The second-order valence-corrected chi connectivity index (χ2v) is 5.95. The van der Waals surface area contributed by atoms with Crippen LogP contribution in [-0.4, -0.2) is 15.9 Å². The number of aryl methyl sites for hydroxylation is 2. The maximum atomic E-state index is 10.9. The van der Waals surface area contributed by atoms with Gasteiger partial charge in [-0.1, -0.05) is 0 Å².